The molecule has 0 saturated carbocycles. The minimum absolute atomic E-state index is 0.00606. The van der Waals surface area contributed by atoms with E-state index in [1.807, 2.05) is 34.6 Å². The Morgan fingerprint density at radius 2 is 1.79 bits per heavy atom. The third-order valence-corrected chi connectivity index (χ3v) is 4.92. The summed E-state index contributed by atoms with van der Waals surface area (Å²) in [4.78, 5) is 38.0. The van der Waals surface area contributed by atoms with Crippen molar-refractivity contribution in [1.29, 1.82) is 0 Å². The van der Waals surface area contributed by atoms with E-state index in [1.54, 1.807) is 11.8 Å². The van der Waals surface area contributed by atoms with Gasteiger partial charge in [-0.05, 0) is 25.7 Å². The minimum Gasteiger partial charge on any atom is -0.481 e. The maximum absolute atomic E-state index is 12.7. The highest BCUT2D eigenvalue weighted by Crippen LogP contribution is 2.26. The number of rotatable bonds is 5. The van der Waals surface area contributed by atoms with Crippen LogP contribution in [-0.2, 0) is 14.4 Å². The molecule has 2 unspecified atom stereocenters. The van der Waals surface area contributed by atoms with Crippen LogP contribution < -0.4 is 5.32 Å². The van der Waals surface area contributed by atoms with Crippen LogP contribution >= 0.6 is 0 Å². The van der Waals surface area contributed by atoms with Crippen molar-refractivity contribution >= 4 is 17.8 Å². The molecule has 0 spiro atoms. The van der Waals surface area contributed by atoms with Crippen LogP contribution in [0.5, 0.6) is 0 Å². The van der Waals surface area contributed by atoms with Crippen LogP contribution in [-0.4, -0.2) is 46.4 Å². The van der Waals surface area contributed by atoms with Gasteiger partial charge in [0.15, 0.2) is 0 Å². The molecule has 0 aromatic heterocycles. The zero-order chi connectivity index (χ0) is 18.7. The molecule has 2 atom stereocenters. The second kappa shape index (κ2) is 7.53. The molecule has 2 amide bonds. The second-order valence-electron chi connectivity index (χ2n) is 8.47. The van der Waals surface area contributed by atoms with Crippen LogP contribution in [0.25, 0.3) is 0 Å². The van der Waals surface area contributed by atoms with Gasteiger partial charge in [0.1, 0.15) is 0 Å². The molecule has 24 heavy (non-hydrogen) atoms. The van der Waals surface area contributed by atoms with Crippen LogP contribution in [0.2, 0.25) is 0 Å². The standard InChI is InChI=1S/C18H32N2O4/c1-12(2)18(6,10-14(21)22)19-15(23)13-8-7-9-20(11-13)16(24)17(3,4)5/h12-13H,7-11H2,1-6H3,(H,19,23)(H,21,22). The monoisotopic (exact) mass is 340 g/mol. The number of carboxylic acid groups (broad SMARTS) is 1. The highest BCUT2D eigenvalue weighted by molar-refractivity contribution is 5.84. The van der Waals surface area contributed by atoms with E-state index in [4.69, 9.17) is 5.11 Å². The third-order valence-electron chi connectivity index (χ3n) is 4.92. The minimum atomic E-state index is -0.931. The Balaban J connectivity index is 2.80. The summed E-state index contributed by atoms with van der Waals surface area (Å²) in [5.74, 6) is -1.32. The molecule has 1 aliphatic heterocycles. The summed E-state index contributed by atoms with van der Waals surface area (Å²) >= 11 is 0. The largest absolute Gasteiger partial charge is 0.481 e. The molecule has 138 valence electrons. The van der Waals surface area contributed by atoms with E-state index < -0.39 is 16.9 Å². The molecule has 0 aromatic rings. The highest BCUT2D eigenvalue weighted by Gasteiger charge is 2.37. The van der Waals surface area contributed by atoms with Crippen molar-refractivity contribution in [2.75, 3.05) is 13.1 Å². The third kappa shape index (κ3) is 5.21. The molecule has 2 N–H and O–H groups in total. The first-order chi connectivity index (χ1) is 10.9. The number of amides is 2. The normalized spacial score (nSPS) is 21.3. The van der Waals surface area contributed by atoms with Gasteiger partial charge in [-0.1, -0.05) is 34.6 Å². The molecule has 0 aromatic carbocycles. The molecular formula is C18H32N2O4. The van der Waals surface area contributed by atoms with Crippen LogP contribution in [0, 0.1) is 17.3 Å². The van der Waals surface area contributed by atoms with Crippen LogP contribution in [0.1, 0.15) is 60.8 Å². The summed E-state index contributed by atoms with van der Waals surface area (Å²) < 4.78 is 0. The highest BCUT2D eigenvalue weighted by atomic mass is 16.4. The van der Waals surface area contributed by atoms with Crippen molar-refractivity contribution in [3.63, 3.8) is 0 Å². The van der Waals surface area contributed by atoms with E-state index in [0.29, 0.717) is 13.1 Å². The van der Waals surface area contributed by atoms with Crippen molar-refractivity contribution in [1.82, 2.24) is 10.2 Å². The molecule has 6 nitrogen and oxygen atoms in total. The predicted octanol–water partition coefficient (Wildman–Crippen LogP) is 2.28. The number of nitrogens with one attached hydrogen (secondary N) is 1. The molecule has 0 aliphatic carbocycles. The number of carbonyl (C=O) groups excluding carboxylic acids is 2. The summed E-state index contributed by atoms with van der Waals surface area (Å²) in [6.07, 6.45) is 1.39. The number of carbonyl (C=O) groups is 3. The molecule has 6 heteroatoms. The fourth-order valence-corrected chi connectivity index (χ4v) is 2.94. The first-order valence-corrected chi connectivity index (χ1v) is 8.70. The van der Waals surface area contributed by atoms with E-state index in [0.717, 1.165) is 12.8 Å². The van der Waals surface area contributed by atoms with E-state index >= 15 is 0 Å². The van der Waals surface area contributed by atoms with E-state index in [2.05, 4.69) is 5.32 Å². The summed E-state index contributed by atoms with van der Waals surface area (Å²) in [7, 11) is 0. The van der Waals surface area contributed by atoms with Crippen molar-refractivity contribution < 1.29 is 19.5 Å². The molecule has 1 saturated heterocycles. The molecule has 1 heterocycles. The average molecular weight is 340 g/mol. The number of hydrogen-bond donors (Lipinski definition) is 2. The van der Waals surface area contributed by atoms with Gasteiger partial charge < -0.3 is 15.3 Å². The van der Waals surface area contributed by atoms with Crippen LogP contribution in [0.3, 0.4) is 0 Å². The number of nitrogens with zero attached hydrogens (tertiary/aromatic N) is 1. The zero-order valence-electron chi connectivity index (χ0n) is 15.8. The topological polar surface area (TPSA) is 86.7 Å². The summed E-state index contributed by atoms with van der Waals surface area (Å²) in [5.41, 5.74) is -1.26. The lowest BCUT2D eigenvalue weighted by Gasteiger charge is -2.39. The van der Waals surface area contributed by atoms with Gasteiger partial charge in [-0.15, -0.1) is 0 Å². The number of hydrogen-bond acceptors (Lipinski definition) is 3. The van der Waals surface area contributed by atoms with E-state index in [1.165, 1.54) is 0 Å². The van der Waals surface area contributed by atoms with Gasteiger partial charge in [0.2, 0.25) is 11.8 Å². The van der Waals surface area contributed by atoms with Gasteiger partial charge >= 0.3 is 5.97 Å². The fourth-order valence-electron chi connectivity index (χ4n) is 2.94. The molecule has 1 fully saturated rings. The zero-order valence-corrected chi connectivity index (χ0v) is 15.8. The van der Waals surface area contributed by atoms with Gasteiger partial charge in [-0.25, -0.2) is 0 Å². The fraction of sp³-hybridized carbons (Fsp3) is 0.833. The lowest BCUT2D eigenvalue weighted by molar-refractivity contribution is -0.143. The van der Waals surface area contributed by atoms with Gasteiger partial charge in [0, 0.05) is 24.0 Å². The van der Waals surface area contributed by atoms with Gasteiger partial charge in [0.25, 0.3) is 0 Å². The summed E-state index contributed by atoms with van der Waals surface area (Å²) in [6.45, 7) is 12.3. The lowest BCUT2D eigenvalue weighted by atomic mass is 9.84. The number of piperidine rings is 1. The first kappa shape index (κ1) is 20.5. The molecule has 0 bridgehead atoms. The number of carboxylic acids is 1. The Hall–Kier alpha value is -1.59. The predicted molar refractivity (Wildman–Crippen MR) is 92.4 cm³/mol. The van der Waals surface area contributed by atoms with Crippen LogP contribution in [0.4, 0.5) is 0 Å². The van der Waals surface area contributed by atoms with Gasteiger partial charge in [0.05, 0.1) is 12.3 Å². The Morgan fingerprint density at radius 3 is 2.25 bits per heavy atom. The number of likely N-dealkylation sites (tertiary alicyclic amines) is 1. The molecular weight excluding hydrogens is 308 g/mol. The molecule has 1 rings (SSSR count). The maximum atomic E-state index is 12.7. The van der Waals surface area contributed by atoms with Crippen molar-refractivity contribution in [3.8, 4) is 0 Å². The van der Waals surface area contributed by atoms with E-state index in [9.17, 15) is 14.4 Å². The number of aliphatic carboxylic acids is 1. The molecule has 1 aliphatic rings. The SMILES string of the molecule is CC(C)C(C)(CC(=O)O)NC(=O)C1CCCN(C(=O)C(C)(C)C)C1. The summed E-state index contributed by atoms with van der Waals surface area (Å²) in [5, 5.41) is 12.1. The van der Waals surface area contributed by atoms with E-state index in [-0.39, 0.29) is 30.1 Å². The Kier molecular flexibility index (Phi) is 6.42. The smallest absolute Gasteiger partial charge is 0.305 e. The Morgan fingerprint density at radius 1 is 1.21 bits per heavy atom. The first-order valence-electron chi connectivity index (χ1n) is 8.70. The average Bonchev–Trinajstić information content (AvgIpc) is 2.44. The Bertz CT molecular complexity index is 496. The van der Waals surface area contributed by atoms with Crippen molar-refractivity contribution in [2.24, 2.45) is 17.3 Å². The molecule has 0 radical (unpaired) electrons. The maximum Gasteiger partial charge on any atom is 0.305 e. The summed E-state index contributed by atoms with van der Waals surface area (Å²) in [6, 6.07) is 0. The quantitative estimate of drug-likeness (QED) is 0.804. The van der Waals surface area contributed by atoms with Gasteiger partial charge in [-0.3, -0.25) is 14.4 Å². The van der Waals surface area contributed by atoms with Crippen molar-refractivity contribution in [3.05, 3.63) is 0 Å². The van der Waals surface area contributed by atoms with Gasteiger partial charge in [-0.2, -0.15) is 0 Å². The van der Waals surface area contributed by atoms with Crippen LogP contribution in [0.15, 0.2) is 0 Å². The second-order valence-corrected chi connectivity index (χ2v) is 8.47. The lowest BCUT2D eigenvalue weighted by Crippen LogP contribution is -2.55. The van der Waals surface area contributed by atoms with Crippen molar-refractivity contribution in [2.45, 2.75) is 66.3 Å². The Labute approximate surface area is 145 Å².